The monoisotopic (exact) mass is 420 g/mol. The third-order valence-corrected chi connectivity index (χ3v) is 6.83. The second kappa shape index (κ2) is 10.1. The van der Waals surface area contributed by atoms with Crippen molar-refractivity contribution in [2.75, 3.05) is 27.2 Å². The summed E-state index contributed by atoms with van der Waals surface area (Å²) in [6.45, 7) is 5.48. The van der Waals surface area contributed by atoms with Gasteiger partial charge in [-0.1, -0.05) is 68.4 Å². The van der Waals surface area contributed by atoms with Gasteiger partial charge in [0.05, 0.1) is 5.41 Å². The molecule has 4 nitrogen and oxygen atoms in total. The summed E-state index contributed by atoms with van der Waals surface area (Å²) >= 11 is 0. The number of carbonyl (C=O) groups excluding carboxylic acids is 2. The Morgan fingerprint density at radius 1 is 0.903 bits per heavy atom. The van der Waals surface area contributed by atoms with E-state index in [9.17, 15) is 9.59 Å². The molecule has 0 aromatic heterocycles. The molecule has 31 heavy (non-hydrogen) atoms. The Morgan fingerprint density at radius 2 is 1.45 bits per heavy atom. The maximum Gasteiger partial charge on any atom is 0.228 e. The molecule has 0 saturated carbocycles. The van der Waals surface area contributed by atoms with Gasteiger partial charge in [0, 0.05) is 33.1 Å². The van der Waals surface area contributed by atoms with E-state index in [1.807, 2.05) is 37.2 Å². The molecule has 2 aromatic rings. The Kier molecular flexibility index (Phi) is 7.53. The van der Waals surface area contributed by atoms with Gasteiger partial charge in [0.25, 0.3) is 0 Å². The Hall–Kier alpha value is -2.62. The molecule has 0 bridgehead atoms. The first-order valence-corrected chi connectivity index (χ1v) is 11.5. The lowest BCUT2D eigenvalue weighted by Gasteiger charge is -2.43. The normalized spacial score (nSPS) is 15.7. The van der Waals surface area contributed by atoms with Crippen molar-refractivity contribution in [3.63, 3.8) is 0 Å². The molecule has 4 heteroatoms. The molecule has 3 rings (SSSR count). The van der Waals surface area contributed by atoms with Crippen LogP contribution >= 0.6 is 0 Å². The van der Waals surface area contributed by atoms with Crippen molar-refractivity contribution >= 4 is 11.8 Å². The predicted molar refractivity (Wildman–Crippen MR) is 127 cm³/mol. The predicted octanol–water partition coefficient (Wildman–Crippen LogP) is 5.03. The van der Waals surface area contributed by atoms with Crippen LogP contribution in [0.15, 0.2) is 54.6 Å². The Balaban J connectivity index is 1.76. The van der Waals surface area contributed by atoms with Gasteiger partial charge in [0.15, 0.2) is 0 Å². The topological polar surface area (TPSA) is 40.6 Å². The summed E-state index contributed by atoms with van der Waals surface area (Å²) in [5.74, 6) is 0.528. The first-order valence-electron chi connectivity index (χ1n) is 11.5. The highest BCUT2D eigenvalue weighted by atomic mass is 16.2. The molecule has 1 aliphatic rings. The minimum Gasteiger partial charge on any atom is -0.348 e. The van der Waals surface area contributed by atoms with Crippen LogP contribution in [0.5, 0.6) is 0 Å². The third-order valence-electron chi connectivity index (χ3n) is 6.83. The first kappa shape index (κ1) is 23.1. The van der Waals surface area contributed by atoms with E-state index < -0.39 is 5.41 Å². The van der Waals surface area contributed by atoms with E-state index in [-0.39, 0.29) is 17.7 Å². The van der Waals surface area contributed by atoms with E-state index in [0.29, 0.717) is 19.5 Å². The van der Waals surface area contributed by atoms with Gasteiger partial charge >= 0.3 is 0 Å². The van der Waals surface area contributed by atoms with Gasteiger partial charge in [0.2, 0.25) is 11.8 Å². The maximum atomic E-state index is 13.3. The summed E-state index contributed by atoms with van der Waals surface area (Å²) in [5, 5.41) is 0. The lowest BCUT2D eigenvalue weighted by molar-refractivity contribution is -0.147. The molecule has 1 fully saturated rings. The number of hydrogen-bond donors (Lipinski definition) is 0. The van der Waals surface area contributed by atoms with Crippen molar-refractivity contribution < 1.29 is 9.59 Å². The van der Waals surface area contributed by atoms with Gasteiger partial charge in [-0.3, -0.25) is 9.59 Å². The van der Waals surface area contributed by atoms with Crippen LogP contribution in [0.2, 0.25) is 0 Å². The fourth-order valence-electron chi connectivity index (χ4n) is 4.83. The number of nitrogens with zero attached hydrogens (tertiary/aromatic N) is 2. The van der Waals surface area contributed by atoms with E-state index in [2.05, 4.69) is 50.2 Å². The van der Waals surface area contributed by atoms with E-state index in [1.165, 1.54) is 16.7 Å². The summed E-state index contributed by atoms with van der Waals surface area (Å²) in [4.78, 5) is 29.8. The lowest BCUT2D eigenvalue weighted by atomic mass is 9.72. The molecule has 1 heterocycles. The van der Waals surface area contributed by atoms with Crippen LogP contribution in [0.25, 0.3) is 11.1 Å². The van der Waals surface area contributed by atoms with Crippen LogP contribution in [-0.4, -0.2) is 48.8 Å². The van der Waals surface area contributed by atoms with E-state index in [1.54, 1.807) is 4.90 Å². The van der Waals surface area contributed by atoms with Crippen molar-refractivity contribution in [3.05, 3.63) is 60.2 Å². The SMILES string of the molecule is CCC(CC)C(=O)N1CCC(Cc2ccc(-c3ccccc3)cc2)(C(=O)N(C)C)CC1. The highest BCUT2D eigenvalue weighted by Crippen LogP contribution is 2.38. The standard InChI is InChI=1S/C27H36N2O2/c1-5-22(6-2)25(30)29-18-16-27(17-19-29,26(31)28(3)4)20-21-12-14-24(15-13-21)23-10-8-7-9-11-23/h7-15,22H,5-6,16-20H2,1-4H3. The van der Waals surface area contributed by atoms with Crippen molar-refractivity contribution in [3.8, 4) is 11.1 Å². The molecule has 166 valence electrons. The Morgan fingerprint density at radius 3 is 1.97 bits per heavy atom. The Bertz CT molecular complexity index is 862. The average molecular weight is 421 g/mol. The zero-order valence-corrected chi connectivity index (χ0v) is 19.4. The van der Waals surface area contributed by atoms with Crippen molar-refractivity contribution in [2.45, 2.75) is 46.0 Å². The molecular weight excluding hydrogens is 384 g/mol. The smallest absolute Gasteiger partial charge is 0.228 e. The fourth-order valence-corrected chi connectivity index (χ4v) is 4.83. The number of benzene rings is 2. The molecule has 1 aliphatic heterocycles. The van der Waals surface area contributed by atoms with Gasteiger partial charge in [0.1, 0.15) is 0 Å². The zero-order chi connectivity index (χ0) is 22.4. The fraction of sp³-hybridized carbons (Fsp3) is 0.481. The van der Waals surface area contributed by atoms with Gasteiger partial charge in [-0.15, -0.1) is 0 Å². The molecule has 2 amide bonds. The molecule has 0 unspecified atom stereocenters. The molecule has 0 aliphatic carbocycles. The maximum absolute atomic E-state index is 13.3. The van der Waals surface area contributed by atoms with Crippen LogP contribution in [0, 0.1) is 11.3 Å². The first-order chi connectivity index (χ1) is 14.9. The summed E-state index contributed by atoms with van der Waals surface area (Å²) in [5.41, 5.74) is 3.11. The third kappa shape index (κ3) is 5.17. The highest BCUT2D eigenvalue weighted by molar-refractivity contribution is 5.84. The quantitative estimate of drug-likeness (QED) is 0.630. The minimum atomic E-state index is -0.442. The van der Waals surface area contributed by atoms with E-state index in [0.717, 1.165) is 25.7 Å². The van der Waals surface area contributed by atoms with Gasteiger partial charge in [-0.2, -0.15) is 0 Å². The van der Waals surface area contributed by atoms with Crippen molar-refractivity contribution in [2.24, 2.45) is 11.3 Å². The average Bonchev–Trinajstić information content (AvgIpc) is 2.80. The van der Waals surface area contributed by atoms with Gasteiger partial charge in [-0.25, -0.2) is 0 Å². The van der Waals surface area contributed by atoms with E-state index >= 15 is 0 Å². The van der Waals surface area contributed by atoms with Crippen LogP contribution in [0.1, 0.15) is 45.1 Å². The molecular formula is C27H36N2O2. The molecule has 0 N–H and O–H groups in total. The number of amides is 2. The molecule has 2 aromatic carbocycles. The van der Waals surface area contributed by atoms with Crippen LogP contribution in [0.3, 0.4) is 0 Å². The van der Waals surface area contributed by atoms with E-state index in [4.69, 9.17) is 0 Å². The zero-order valence-electron chi connectivity index (χ0n) is 19.4. The molecule has 0 radical (unpaired) electrons. The number of carbonyl (C=O) groups is 2. The number of hydrogen-bond acceptors (Lipinski definition) is 2. The number of piperidine rings is 1. The largest absolute Gasteiger partial charge is 0.348 e. The summed E-state index contributed by atoms with van der Waals surface area (Å²) < 4.78 is 0. The van der Waals surface area contributed by atoms with Crippen molar-refractivity contribution in [1.29, 1.82) is 0 Å². The van der Waals surface area contributed by atoms with Gasteiger partial charge < -0.3 is 9.80 Å². The Labute approximate surface area is 187 Å². The van der Waals surface area contributed by atoms with Crippen LogP contribution in [0.4, 0.5) is 0 Å². The summed E-state index contributed by atoms with van der Waals surface area (Å²) in [7, 11) is 3.68. The lowest BCUT2D eigenvalue weighted by Crippen LogP contribution is -2.51. The highest BCUT2D eigenvalue weighted by Gasteiger charge is 2.43. The summed E-state index contributed by atoms with van der Waals surface area (Å²) in [6.07, 6.45) is 3.90. The molecule has 0 atom stereocenters. The van der Waals surface area contributed by atoms with Crippen molar-refractivity contribution in [1.82, 2.24) is 9.80 Å². The number of rotatable bonds is 7. The molecule has 0 spiro atoms. The van der Waals surface area contributed by atoms with Crippen LogP contribution in [-0.2, 0) is 16.0 Å². The van der Waals surface area contributed by atoms with Gasteiger partial charge in [-0.05, 0) is 48.8 Å². The molecule has 1 saturated heterocycles. The summed E-state index contributed by atoms with van der Waals surface area (Å²) in [6, 6.07) is 18.9. The van der Waals surface area contributed by atoms with Crippen LogP contribution < -0.4 is 0 Å². The number of likely N-dealkylation sites (tertiary alicyclic amines) is 1. The second-order valence-electron chi connectivity index (χ2n) is 9.06. The minimum absolute atomic E-state index is 0.0996. The second-order valence-corrected chi connectivity index (χ2v) is 9.06.